The van der Waals surface area contributed by atoms with E-state index in [2.05, 4.69) is 26.8 Å². The van der Waals surface area contributed by atoms with Crippen molar-refractivity contribution in [2.45, 2.75) is 39.2 Å². The van der Waals surface area contributed by atoms with E-state index in [0.717, 1.165) is 0 Å². The van der Waals surface area contributed by atoms with Crippen molar-refractivity contribution in [1.29, 1.82) is 0 Å². The topological polar surface area (TPSA) is 26.3 Å². The Hall–Kier alpha value is -1.02. The highest BCUT2D eigenvalue weighted by atomic mass is 35.5. The monoisotopic (exact) mass is 254 g/mol. The van der Waals surface area contributed by atoms with Crippen LogP contribution >= 0.6 is 11.6 Å². The quantitative estimate of drug-likeness (QED) is 0.768. The SMILES string of the molecule is CC(Oc1cccc(C(C)(C)C)c1)C(=O)CCl. The Kier molecular flexibility index (Phi) is 4.58. The molecule has 0 N–H and O–H groups in total. The molecule has 2 nitrogen and oxygen atoms in total. The minimum absolute atomic E-state index is 0.0138. The second-order valence-corrected chi connectivity index (χ2v) is 5.41. The minimum atomic E-state index is -0.497. The molecular weight excluding hydrogens is 236 g/mol. The summed E-state index contributed by atoms with van der Waals surface area (Å²) in [5.41, 5.74) is 1.25. The Bertz CT molecular complexity index is 393. The summed E-state index contributed by atoms with van der Waals surface area (Å²) < 4.78 is 5.57. The Balaban J connectivity index is 2.83. The summed E-state index contributed by atoms with van der Waals surface area (Å²) in [5, 5.41) is 0. The molecule has 0 heterocycles. The largest absolute Gasteiger partial charge is 0.483 e. The molecule has 0 bridgehead atoms. The van der Waals surface area contributed by atoms with E-state index < -0.39 is 6.10 Å². The number of alkyl halides is 1. The van der Waals surface area contributed by atoms with Crippen LogP contribution in [0.15, 0.2) is 24.3 Å². The zero-order chi connectivity index (χ0) is 13.1. The molecule has 0 aliphatic heterocycles. The lowest BCUT2D eigenvalue weighted by atomic mass is 9.87. The van der Waals surface area contributed by atoms with Gasteiger partial charge in [-0.1, -0.05) is 32.9 Å². The van der Waals surface area contributed by atoms with Gasteiger partial charge in [0.15, 0.2) is 11.9 Å². The van der Waals surface area contributed by atoms with Crippen molar-refractivity contribution in [3.8, 4) is 5.75 Å². The molecule has 0 fully saturated rings. The number of Topliss-reactive ketones (excluding diaryl/α,β-unsaturated/α-hetero) is 1. The molecule has 94 valence electrons. The van der Waals surface area contributed by atoms with Gasteiger partial charge in [-0.3, -0.25) is 4.79 Å². The second-order valence-electron chi connectivity index (χ2n) is 5.14. The van der Waals surface area contributed by atoms with E-state index in [-0.39, 0.29) is 17.1 Å². The summed E-state index contributed by atoms with van der Waals surface area (Å²) in [6, 6.07) is 7.82. The molecule has 1 unspecified atom stereocenters. The molecule has 0 aliphatic rings. The van der Waals surface area contributed by atoms with Crippen LogP contribution in [0.1, 0.15) is 33.3 Å². The molecule has 0 saturated carbocycles. The van der Waals surface area contributed by atoms with Gasteiger partial charge in [-0.15, -0.1) is 11.6 Å². The molecule has 0 saturated heterocycles. The summed E-state index contributed by atoms with van der Waals surface area (Å²) in [6.45, 7) is 8.13. The Morgan fingerprint density at radius 1 is 1.41 bits per heavy atom. The van der Waals surface area contributed by atoms with E-state index in [1.807, 2.05) is 18.2 Å². The van der Waals surface area contributed by atoms with Gasteiger partial charge in [0.1, 0.15) is 5.75 Å². The maximum absolute atomic E-state index is 11.3. The van der Waals surface area contributed by atoms with E-state index in [1.54, 1.807) is 6.92 Å². The highest BCUT2D eigenvalue weighted by molar-refractivity contribution is 6.28. The van der Waals surface area contributed by atoms with Gasteiger partial charge in [0.25, 0.3) is 0 Å². The Morgan fingerprint density at radius 2 is 2.06 bits per heavy atom. The average Bonchev–Trinajstić information content (AvgIpc) is 2.27. The number of ether oxygens (including phenoxy) is 1. The first kappa shape index (κ1) is 14.0. The van der Waals surface area contributed by atoms with Crippen LogP contribution < -0.4 is 4.74 Å². The number of benzene rings is 1. The number of hydrogen-bond donors (Lipinski definition) is 0. The van der Waals surface area contributed by atoms with Crippen molar-refractivity contribution >= 4 is 17.4 Å². The molecule has 1 aromatic rings. The fraction of sp³-hybridized carbons (Fsp3) is 0.500. The predicted octanol–water partition coefficient (Wildman–Crippen LogP) is 3.56. The van der Waals surface area contributed by atoms with Gasteiger partial charge in [0.05, 0.1) is 5.88 Å². The van der Waals surface area contributed by atoms with Crippen molar-refractivity contribution < 1.29 is 9.53 Å². The number of rotatable bonds is 4. The van der Waals surface area contributed by atoms with Crippen LogP contribution in [-0.2, 0) is 10.2 Å². The molecule has 3 heteroatoms. The van der Waals surface area contributed by atoms with E-state index in [0.29, 0.717) is 5.75 Å². The summed E-state index contributed by atoms with van der Waals surface area (Å²) in [5.74, 6) is 0.594. The molecule has 17 heavy (non-hydrogen) atoms. The fourth-order valence-corrected chi connectivity index (χ4v) is 1.63. The van der Waals surface area contributed by atoms with Crippen LogP contribution in [0.3, 0.4) is 0 Å². The molecular formula is C14H19ClO2. The van der Waals surface area contributed by atoms with Crippen molar-refractivity contribution in [2.24, 2.45) is 0 Å². The Morgan fingerprint density at radius 3 is 2.59 bits per heavy atom. The van der Waals surface area contributed by atoms with Crippen molar-refractivity contribution in [2.75, 3.05) is 5.88 Å². The van der Waals surface area contributed by atoms with Crippen molar-refractivity contribution in [3.63, 3.8) is 0 Å². The van der Waals surface area contributed by atoms with Crippen molar-refractivity contribution in [3.05, 3.63) is 29.8 Å². The van der Waals surface area contributed by atoms with E-state index in [9.17, 15) is 4.79 Å². The van der Waals surface area contributed by atoms with Gasteiger partial charge >= 0.3 is 0 Å². The molecule has 1 rings (SSSR count). The van der Waals surface area contributed by atoms with Crippen molar-refractivity contribution in [1.82, 2.24) is 0 Å². The van der Waals surface area contributed by atoms with Gasteiger partial charge in [0.2, 0.25) is 0 Å². The van der Waals surface area contributed by atoms with E-state index in [4.69, 9.17) is 16.3 Å². The van der Waals surface area contributed by atoms with Crippen LogP contribution in [0, 0.1) is 0 Å². The van der Waals surface area contributed by atoms with E-state index in [1.165, 1.54) is 5.56 Å². The highest BCUT2D eigenvalue weighted by Gasteiger charge is 2.16. The number of carbonyl (C=O) groups excluding carboxylic acids is 1. The fourth-order valence-electron chi connectivity index (χ4n) is 1.41. The van der Waals surface area contributed by atoms with Gasteiger partial charge in [-0.25, -0.2) is 0 Å². The summed E-state index contributed by atoms with van der Waals surface area (Å²) in [6.07, 6.45) is -0.497. The number of carbonyl (C=O) groups is 1. The third kappa shape index (κ3) is 4.04. The molecule has 0 radical (unpaired) electrons. The lowest BCUT2D eigenvalue weighted by Gasteiger charge is -2.20. The van der Waals surface area contributed by atoms with Crippen LogP contribution in [0.25, 0.3) is 0 Å². The molecule has 0 spiro atoms. The average molecular weight is 255 g/mol. The first-order chi connectivity index (χ1) is 7.84. The maximum atomic E-state index is 11.3. The maximum Gasteiger partial charge on any atom is 0.187 e. The summed E-state index contributed by atoms with van der Waals surface area (Å²) in [7, 11) is 0. The first-order valence-corrected chi connectivity index (χ1v) is 6.24. The van der Waals surface area contributed by atoms with Crippen LogP contribution in [0.4, 0.5) is 0 Å². The molecule has 0 aliphatic carbocycles. The Labute approximate surface area is 108 Å². The minimum Gasteiger partial charge on any atom is -0.483 e. The van der Waals surface area contributed by atoms with Gasteiger partial charge in [0, 0.05) is 0 Å². The molecule has 0 amide bonds. The molecule has 1 aromatic carbocycles. The van der Waals surface area contributed by atoms with Gasteiger partial charge in [-0.05, 0) is 30.0 Å². The number of ketones is 1. The predicted molar refractivity (Wildman–Crippen MR) is 71.0 cm³/mol. The lowest BCUT2D eigenvalue weighted by molar-refractivity contribution is -0.122. The summed E-state index contributed by atoms with van der Waals surface area (Å²) >= 11 is 5.49. The molecule has 1 atom stereocenters. The third-order valence-electron chi connectivity index (χ3n) is 2.60. The molecule has 0 aromatic heterocycles. The second kappa shape index (κ2) is 5.54. The normalized spacial score (nSPS) is 13.2. The van der Waals surface area contributed by atoms with Crippen LogP contribution in [0.5, 0.6) is 5.75 Å². The van der Waals surface area contributed by atoms with Crippen LogP contribution in [0.2, 0.25) is 0 Å². The zero-order valence-electron chi connectivity index (χ0n) is 10.8. The lowest BCUT2D eigenvalue weighted by Crippen LogP contribution is -2.25. The first-order valence-electron chi connectivity index (χ1n) is 5.70. The van der Waals surface area contributed by atoms with Gasteiger partial charge < -0.3 is 4.74 Å². The summed E-state index contributed by atoms with van der Waals surface area (Å²) in [4.78, 5) is 11.3. The van der Waals surface area contributed by atoms with E-state index >= 15 is 0 Å². The van der Waals surface area contributed by atoms with Crippen LogP contribution in [-0.4, -0.2) is 17.8 Å². The third-order valence-corrected chi connectivity index (χ3v) is 2.86. The number of halogens is 1. The highest BCUT2D eigenvalue weighted by Crippen LogP contribution is 2.26. The smallest absolute Gasteiger partial charge is 0.187 e. The standard InChI is InChI=1S/C14H19ClO2/c1-10(13(16)9-15)17-12-7-5-6-11(8-12)14(2,3)4/h5-8,10H,9H2,1-4H3. The van der Waals surface area contributed by atoms with Gasteiger partial charge in [-0.2, -0.15) is 0 Å². The zero-order valence-corrected chi connectivity index (χ0v) is 11.5. The number of hydrogen-bond acceptors (Lipinski definition) is 2.